The van der Waals surface area contributed by atoms with E-state index in [-0.39, 0.29) is 25.7 Å². The second-order valence-electron chi connectivity index (χ2n) is 4.01. The smallest absolute Gasteiger partial charge is 0.305 e. The van der Waals surface area contributed by atoms with E-state index in [4.69, 9.17) is 0 Å². The minimum atomic E-state index is -4.73. The van der Waals surface area contributed by atoms with Crippen molar-refractivity contribution in [3.8, 4) is 11.3 Å². The standard InChI is InChI=1S/C14H10F4N.Ir/c1-2-9-5-6-19-13(7-9)10-3-4-12(15)11(8-10)14(16,17)18;/h4-8H,2H2,1H3;/q-1;. The van der Waals surface area contributed by atoms with E-state index in [1.54, 1.807) is 12.1 Å². The van der Waals surface area contributed by atoms with Gasteiger partial charge in [-0.05, 0) is 18.2 Å². The van der Waals surface area contributed by atoms with Crippen molar-refractivity contribution < 1.29 is 37.7 Å². The van der Waals surface area contributed by atoms with Crippen LogP contribution >= 0.6 is 0 Å². The number of rotatable bonds is 2. The molecular formula is C14H10F4IrN-. The van der Waals surface area contributed by atoms with Crippen molar-refractivity contribution in [1.29, 1.82) is 0 Å². The van der Waals surface area contributed by atoms with Gasteiger partial charge in [0.1, 0.15) is 0 Å². The largest absolute Gasteiger partial charge is 0.402 e. The summed E-state index contributed by atoms with van der Waals surface area (Å²) in [6.45, 7) is 1.93. The van der Waals surface area contributed by atoms with Crippen molar-refractivity contribution in [3.05, 3.63) is 53.5 Å². The molecular weight excluding hydrogens is 450 g/mol. The Morgan fingerprint density at radius 3 is 2.55 bits per heavy atom. The summed E-state index contributed by atoms with van der Waals surface area (Å²) in [6, 6.07) is 7.35. The van der Waals surface area contributed by atoms with Gasteiger partial charge in [0, 0.05) is 37.7 Å². The van der Waals surface area contributed by atoms with Gasteiger partial charge in [0.15, 0.2) is 0 Å². The van der Waals surface area contributed by atoms with Crippen molar-refractivity contribution in [3.63, 3.8) is 0 Å². The van der Waals surface area contributed by atoms with Gasteiger partial charge in [-0.1, -0.05) is 18.6 Å². The van der Waals surface area contributed by atoms with Gasteiger partial charge in [0.25, 0.3) is 0 Å². The molecule has 0 aliphatic carbocycles. The minimum absolute atomic E-state index is 0. The van der Waals surface area contributed by atoms with E-state index in [9.17, 15) is 17.6 Å². The summed E-state index contributed by atoms with van der Waals surface area (Å²) in [5.41, 5.74) is 0.120. The van der Waals surface area contributed by atoms with Crippen LogP contribution in [0.15, 0.2) is 30.5 Å². The van der Waals surface area contributed by atoms with E-state index in [1.165, 1.54) is 6.20 Å². The molecule has 0 atom stereocenters. The van der Waals surface area contributed by atoms with Crippen LogP contribution in [-0.4, -0.2) is 4.98 Å². The molecule has 0 N–H and O–H groups in total. The summed E-state index contributed by atoms with van der Waals surface area (Å²) >= 11 is 0. The molecule has 0 saturated carbocycles. The third kappa shape index (κ3) is 3.64. The maximum absolute atomic E-state index is 13.2. The van der Waals surface area contributed by atoms with Crippen molar-refractivity contribution >= 4 is 0 Å². The van der Waals surface area contributed by atoms with E-state index >= 15 is 0 Å². The zero-order chi connectivity index (χ0) is 14.0. The molecule has 109 valence electrons. The van der Waals surface area contributed by atoms with Crippen molar-refractivity contribution in [2.24, 2.45) is 0 Å². The summed E-state index contributed by atoms with van der Waals surface area (Å²) in [7, 11) is 0. The molecule has 0 saturated heterocycles. The first kappa shape index (κ1) is 16.8. The molecule has 1 nitrogen and oxygen atoms in total. The maximum atomic E-state index is 13.2. The van der Waals surface area contributed by atoms with Crippen molar-refractivity contribution in [2.45, 2.75) is 19.5 Å². The number of pyridine rings is 1. The van der Waals surface area contributed by atoms with Crippen LogP contribution < -0.4 is 0 Å². The molecule has 0 aliphatic rings. The SMILES string of the molecule is CCc1ccnc(-c2[c-]cc(F)c(C(F)(F)F)c2)c1.[Ir]. The Hall–Kier alpha value is -1.26. The van der Waals surface area contributed by atoms with E-state index in [0.29, 0.717) is 11.8 Å². The van der Waals surface area contributed by atoms with Crippen molar-refractivity contribution in [1.82, 2.24) is 4.98 Å². The number of aryl methyl sites for hydroxylation is 1. The first-order chi connectivity index (χ1) is 8.91. The van der Waals surface area contributed by atoms with Gasteiger partial charge in [0.2, 0.25) is 0 Å². The van der Waals surface area contributed by atoms with Gasteiger partial charge in [-0.3, -0.25) is 4.39 Å². The van der Waals surface area contributed by atoms with Crippen molar-refractivity contribution in [2.75, 3.05) is 0 Å². The number of hydrogen-bond donors (Lipinski definition) is 0. The Balaban J connectivity index is 0.00000200. The van der Waals surface area contributed by atoms with Gasteiger partial charge in [-0.25, -0.2) is 0 Å². The molecule has 0 unspecified atom stereocenters. The molecule has 2 rings (SSSR count). The second kappa shape index (κ2) is 6.46. The molecule has 1 aromatic heterocycles. The van der Waals surface area contributed by atoms with Crippen LogP contribution in [0.4, 0.5) is 17.6 Å². The number of alkyl halides is 3. The molecule has 2 aromatic rings. The van der Waals surface area contributed by atoms with E-state index in [1.807, 2.05) is 6.92 Å². The van der Waals surface area contributed by atoms with Crippen LogP contribution in [0.2, 0.25) is 0 Å². The predicted molar refractivity (Wildman–Crippen MR) is 62.8 cm³/mol. The number of benzene rings is 1. The quantitative estimate of drug-likeness (QED) is 0.482. The van der Waals surface area contributed by atoms with Crippen LogP contribution in [0, 0.1) is 11.9 Å². The monoisotopic (exact) mass is 461 g/mol. The van der Waals surface area contributed by atoms with Gasteiger partial charge in [-0.2, -0.15) is 13.2 Å². The van der Waals surface area contributed by atoms with E-state index in [0.717, 1.165) is 18.1 Å². The number of aromatic nitrogens is 1. The Kier molecular flexibility index (Phi) is 5.42. The normalized spacial score (nSPS) is 11.1. The third-order valence-corrected chi connectivity index (χ3v) is 2.71. The zero-order valence-electron chi connectivity index (χ0n) is 10.4. The van der Waals surface area contributed by atoms with Crippen LogP contribution in [0.25, 0.3) is 11.3 Å². The van der Waals surface area contributed by atoms with E-state index < -0.39 is 17.6 Å². The average molecular weight is 460 g/mol. The summed E-state index contributed by atoms with van der Waals surface area (Å²) in [6.07, 6.45) is -2.47. The number of nitrogens with zero attached hydrogens (tertiary/aromatic N) is 1. The molecule has 1 radical (unpaired) electrons. The maximum Gasteiger partial charge on any atom is 0.402 e. The summed E-state index contributed by atoms with van der Waals surface area (Å²) in [4.78, 5) is 3.99. The second-order valence-corrected chi connectivity index (χ2v) is 4.01. The molecule has 0 bridgehead atoms. The van der Waals surface area contributed by atoms with Crippen LogP contribution in [-0.2, 0) is 32.7 Å². The van der Waals surface area contributed by atoms with Crippen LogP contribution in [0.5, 0.6) is 0 Å². The Bertz CT molecular complexity index is 596. The summed E-state index contributed by atoms with van der Waals surface area (Å²) in [5.74, 6) is -1.33. The van der Waals surface area contributed by atoms with Crippen LogP contribution in [0.1, 0.15) is 18.1 Å². The van der Waals surface area contributed by atoms with Gasteiger partial charge in [0.05, 0.1) is 0 Å². The topological polar surface area (TPSA) is 12.9 Å². The van der Waals surface area contributed by atoms with Gasteiger partial charge < -0.3 is 4.98 Å². The fourth-order valence-corrected chi connectivity index (χ4v) is 1.68. The molecule has 20 heavy (non-hydrogen) atoms. The Labute approximate surface area is 127 Å². The van der Waals surface area contributed by atoms with Gasteiger partial charge in [-0.15, -0.1) is 23.8 Å². The molecule has 1 heterocycles. The van der Waals surface area contributed by atoms with E-state index in [2.05, 4.69) is 11.1 Å². The van der Waals surface area contributed by atoms with Crippen LogP contribution in [0.3, 0.4) is 0 Å². The summed E-state index contributed by atoms with van der Waals surface area (Å²) in [5, 5.41) is 0. The molecule has 6 heteroatoms. The Morgan fingerprint density at radius 2 is 1.95 bits per heavy atom. The minimum Gasteiger partial charge on any atom is -0.305 e. The molecule has 0 aliphatic heterocycles. The molecule has 0 spiro atoms. The fraction of sp³-hybridized carbons (Fsp3) is 0.214. The number of hydrogen-bond acceptors (Lipinski definition) is 1. The third-order valence-electron chi connectivity index (χ3n) is 2.71. The summed E-state index contributed by atoms with van der Waals surface area (Å²) < 4.78 is 51.0. The number of halogens is 4. The fourth-order valence-electron chi connectivity index (χ4n) is 1.68. The first-order valence-electron chi connectivity index (χ1n) is 5.65. The zero-order valence-corrected chi connectivity index (χ0v) is 12.8. The Morgan fingerprint density at radius 1 is 1.25 bits per heavy atom. The molecule has 1 aromatic carbocycles. The van der Waals surface area contributed by atoms with Gasteiger partial charge >= 0.3 is 6.18 Å². The molecule has 0 amide bonds. The predicted octanol–water partition coefficient (Wildman–Crippen LogP) is 4.27. The first-order valence-corrected chi connectivity index (χ1v) is 5.65. The average Bonchev–Trinajstić information content (AvgIpc) is 2.38. The molecule has 0 fully saturated rings.